The van der Waals surface area contributed by atoms with E-state index in [2.05, 4.69) is 0 Å². The SMILES string of the molecule is CCOC(=S)SC1[C@H](CC(=O)c2ccc(F)cc2)C1(C(=O)OC)C(=O)OC. The highest BCUT2D eigenvalue weighted by molar-refractivity contribution is 8.23. The molecule has 1 aliphatic carbocycles. The van der Waals surface area contributed by atoms with Crippen molar-refractivity contribution < 1.29 is 33.0 Å². The van der Waals surface area contributed by atoms with E-state index in [9.17, 15) is 18.8 Å². The van der Waals surface area contributed by atoms with Crippen LogP contribution in [-0.4, -0.2) is 48.2 Å². The molecule has 0 aromatic heterocycles. The average Bonchev–Trinajstić information content (AvgIpc) is 3.27. The molecule has 1 saturated carbocycles. The van der Waals surface area contributed by atoms with E-state index in [1.807, 2.05) is 0 Å². The highest BCUT2D eigenvalue weighted by atomic mass is 32.2. The fourth-order valence-electron chi connectivity index (χ4n) is 3.03. The summed E-state index contributed by atoms with van der Waals surface area (Å²) in [5, 5.41) is -0.652. The molecule has 1 aliphatic rings. The number of carbonyl (C=O) groups excluding carboxylic acids is 3. The van der Waals surface area contributed by atoms with E-state index < -0.39 is 34.3 Å². The van der Waals surface area contributed by atoms with Gasteiger partial charge in [-0.1, -0.05) is 11.8 Å². The molecule has 1 fully saturated rings. The summed E-state index contributed by atoms with van der Waals surface area (Å²) in [6, 6.07) is 5.05. The summed E-state index contributed by atoms with van der Waals surface area (Å²) in [7, 11) is 2.32. The van der Waals surface area contributed by atoms with Crippen LogP contribution in [0, 0.1) is 17.2 Å². The largest absolute Gasteiger partial charge is 0.479 e. The van der Waals surface area contributed by atoms with E-state index in [1.165, 1.54) is 24.3 Å². The van der Waals surface area contributed by atoms with Gasteiger partial charge in [-0.2, -0.15) is 0 Å². The van der Waals surface area contributed by atoms with Crippen LogP contribution in [0.25, 0.3) is 0 Å². The minimum atomic E-state index is -1.63. The molecule has 0 bridgehead atoms. The fourth-order valence-corrected chi connectivity index (χ4v) is 4.80. The first-order valence-electron chi connectivity index (χ1n) is 8.11. The van der Waals surface area contributed by atoms with Crippen LogP contribution in [0.2, 0.25) is 0 Å². The molecule has 27 heavy (non-hydrogen) atoms. The predicted molar refractivity (Wildman–Crippen MR) is 101 cm³/mol. The number of esters is 2. The molecule has 2 rings (SSSR count). The van der Waals surface area contributed by atoms with Gasteiger partial charge in [-0.3, -0.25) is 14.4 Å². The Morgan fingerprint density at radius 1 is 1.15 bits per heavy atom. The van der Waals surface area contributed by atoms with Crippen molar-refractivity contribution >= 4 is 46.1 Å². The molecule has 0 radical (unpaired) electrons. The van der Waals surface area contributed by atoms with Crippen LogP contribution < -0.4 is 0 Å². The Bertz CT molecular complexity index is 733. The molecule has 0 heterocycles. The van der Waals surface area contributed by atoms with Gasteiger partial charge in [-0.05, 0) is 43.4 Å². The van der Waals surface area contributed by atoms with Crippen LogP contribution >= 0.6 is 24.0 Å². The van der Waals surface area contributed by atoms with Crippen LogP contribution in [0.15, 0.2) is 24.3 Å². The lowest BCUT2D eigenvalue weighted by atomic mass is 9.98. The third-order valence-corrected chi connectivity index (χ3v) is 6.06. The zero-order valence-corrected chi connectivity index (χ0v) is 16.7. The Morgan fingerprint density at radius 3 is 2.19 bits per heavy atom. The first kappa shape index (κ1) is 21.3. The van der Waals surface area contributed by atoms with Crippen LogP contribution in [0.4, 0.5) is 4.39 Å². The molecule has 0 amide bonds. The Balaban J connectivity index is 2.29. The van der Waals surface area contributed by atoms with Crippen molar-refractivity contribution in [3.05, 3.63) is 35.6 Å². The van der Waals surface area contributed by atoms with Gasteiger partial charge in [0.15, 0.2) is 11.2 Å². The highest BCUT2D eigenvalue weighted by Gasteiger charge is 2.77. The van der Waals surface area contributed by atoms with Crippen molar-refractivity contribution in [3.8, 4) is 0 Å². The van der Waals surface area contributed by atoms with Gasteiger partial charge < -0.3 is 14.2 Å². The lowest BCUT2D eigenvalue weighted by molar-refractivity contribution is -0.161. The molecule has 0 spiro atoms. The molecule has 1 unspecified atom stereocenters. The Kier molecular flexibility index (Phi) is 6.94. The molecule has 146 valence electrons. The minimum absolute atomic E-state index is 0.123. The maximum Gasteiger partial charge on any atom is 0.324 e. The lowest BCUT2D eigenvalue weighted by Gasteiger charge is -2.13. The Morgan fingerprint density at radius 2 is 1.70 bits per heavy atom. The summed E-state index contributed by atoms with van der Waals surface area (Å²) in [4.78, 5) is 37.4. The van der Waals surface area contributed by atoms with Crippen molar-refractivity contribution in [3.63, 3.8) is 0 Å². The summed E-state index contributed by atoms with van der Waals surface area (Å²) in [6.07, 6.45) is -0.123. The molecular formula is C18H19FO6S2. The Labute approximate surface area is 165 Å². The summed E-state index contributed by atoms with van der Waals surface area (Å²) in [6.45, 7) is 2.09. The molecule has 1 aromatic carbocycles. The smallest absolute Gasteiger partial charge is 0.324 e. The number of thiocarbonyl (C=S) groups is 1. The summed E-state index contributed by atoms with van der Waals surface area (Å²) >= 11 is 6.13. The molecule has 1 aromatic rings. The first-order valence-corrected chi connectivity index (χ1v) is 9.40. The van der Waals surface area contributed by atoms with Gasteiger partial charge in [-0.15, -0.1) is 0 Å². The van der Waals surface area contributed by atoms with Gasteiger partial charge in [-0.25, -0.2) is 4.39 Å². The maximum atomic E-state index is 13.1. The van der Waals surface area contributed by atoms with Crippen LogP contribution in [-0.2, 0) is 23.8 Å². The predicted octanol–water partition coefficient (Wildman–Crippen LogP) is 2.78. The normalized spacial score (nSPS) is 19.7. The number of rotatable bonds is 7. The Hall–Kier alpha value is -2.00. The molecule has 9 heteroatoms. The van der Waals surface area contributed by atoms with Gasteiger partial charge in [0, 0.05) is 23.2 Å². The topological polar surface area (TPSA) is 78.9 Å². The van der Waals surface area contributed by atoms with E-state index in [0.717, 1.165) is 26.0 Å². The third kappa shape index (κ3) is 4.14. The number of ether oxygens (including phenoxy) is 3. The number of carbonyl (C=O) groups is 3. The van der Waals surface area contributed by atoms with Crippen molar-refractivity contribution in [2.75, 3.05) is 20.8 Å². The quantitative estimate of drug-likeness (QED) is 0.292. The number of hydrogen-bond donors (Lipinski definition) is 0. The monoisotopic (exact) mass is 414 g/mol. The molecule has 0 N–H and O–H groups in total. The van der Waals surface area contributed by atoms with E-state index in [4.69, 9.17) is 26.4 Å². The van der Waals surface area contributed by atoms with Crippen LogP contribution in [0.5, 0.6) is 0 Å². The summed E-state index contributed by atoms with van der Waals surface area (Å²) in [5.74, 6) is -3.06. The van der Waals surface area contributed by atoms with Gasteiger partial charge >= 0.3 is 11.9 Å². The highest BCUT2D eigenvalue weighted by Crippen LogP contribution is 2.63. The van der Waals surface area contributed by atoms with Crippen molar-refractivity contribution in [2.45, 2.75) is 18.6 Å². The molecule has 0 aliphatic heterocycles. The average molecular weight is 414 g/mol. The third-order valence-electron chi connectivity index (χ3n) is 4.39. The van der Waals surface area contributed by atoms with Crippen molar-refractivity contribution in [1.29, 1.82) is 0 Å². The van der Waals surface area contributed by atoms with Crippen LogP contribution in [0.1, 0.15) is 23.7 Å². The van der Waals surface area contributed by atoms with Crippen LogP contribution in [0.3, 0.4) is 0 Å². The second-order valence-corrected chi connectivity index (χ2v) is 7.56. The number of halogens is 1. The number of ketones is 1. The van der Waals surface area contributed by atoms with Gasteiger partial charge in [0.05, 0.1) is 20.8 Å². The zero-order valence-electron chi connectivity index (χ0n) is 15.0. The second-order valence-electron chi connectivity index (χ2n) is 5.81. The van der Waals surface area contributed by atoms with Gasteiger partial charge in [0.2, 0.25) is 4.38 Å². The van der Waals surface area contributed by atoms with E-state index >= 15 is 0 Å². The number of methoxy groups -OCH3 is 2. The van der Waals surface area contributed by atoms with E-state index in [-0.39, 0.29) is 22.2 Å². The molecule has 2 atom stereocenters. The summed E-state index contributed by atoms with van der Waals surface area (Å²) in [5.41, 5.74) is -1.35. The first-order chi connectivity index (χ1) is 12.8. The van der Waals surface area contributed by atoms with E-state index in [0.29, 0.717) is 6.61 Å². The van der Waals surface area contributed by atoms with E-state index in [1.54, 1.807) is 6.92 Å². The van der Waals surface area contributed by atoms with Crippen molar-refractivity contribution in [2.24, 2.45) is 11.3 Å². The molecule has 0 saturated heterocycles. The maximum absolute atomic E-state index is 13.1. The number of hydrogen-bond acceptors (Lipinski definition) is 8. The molecular weight excluding hydrogens is 395 g/mol. The number of benzene rings is 1. The van der Waals surface area contributed by atoms with Crippen molar-refractivity contribution in [1.82, 2.24) is 0 Å². The zero-order chi connectivity index (χ0) is 20.2. The second kappa shape index (κ2) is 8.79. The lowest BCUT2D eigenvalue weighted by Crippen LogP contribution is -2.33. The number of thioether (sulfide) groups is 1. The minimum Gasteiger partial charge on any atom is -0.479 e. The molecule has 6 nitrogen and oxygen atoms in total. The van der Waals surface area contributed by atoms with Gasteiger partial charge in [0.25, 0.3) is 0 Å². The fraction of sp³-hybridized carbons (Fsp3) is 0.444. The number of Topliss-reactive ketones (excluding diaryl/α,β-unsaturated/α-hetero) is 1. The standard InChI is InChI=1S/C18H19FO6S2/c1-4-25-17(26)27-14-12(18(14,15(21)23-2)16(22)24-3)9-13(20)10-5-7-11(19)8-6-10/h5-8,12,14H,4,9H2,1-3H3/t12-,14?/m0/s1. The van der Waals surface area contributed by atoms with Gasteiger partial charge in [0.1, 0.15) is 5.82 Å². The summed E-state index contributed by atoms with van der Waals surface area (Å²) < 4.78 is 28.1.